The largest absolute Gasteiger partial charge is 0.478 e. The van der Waals surface area contributed by atoms with Crippen LogP contribution in [0.4, 0.5) is 0 Å². The molecule has 0 saturated carbocycles. The summed E-state index contributed by atoms with van der Waals surface area (Å²) >= 11 is 0. The van der Waals surface area contributed by atoms with E-state index in [9.17, 15) is 4.79 Å². The first kappa shape index (κ1) is 11.0. The Kier molecular flexibility index (Phi) is 4.34. The predicted molar refractivity (Wildman–Crippen MR) is 50.1 cm³/mol. The number of hydrogen-bond donors (Lipinski definition) is 1. The van der Waals surface area contributed by atoms with E-state index in [0.29, 0.717) is 5.57 Å². The minimum atomic E-state index is -0.849. The van der Waals surface area contributed by atoms with Gasteiger partial charge in [0.05, 0.1) is 0 Å². The van der Waals surface area contributed by atoms with Gasteiger partial charge in [-0.3, -0.25) is 0 Å². The highest BCUT2D eigenvalue weighted by Crippen LogP contribution is 2.10. The lowest BCUT2D eigenvalue weighted by Gasteiger charge is -2.00. The summed E-state index contributed by atoms with van der Waals surface area (Å²) in [6.07, 6.45) is 2.68. The normalized spacial score (nSPS) is 14.2. The Balaban J connectivity index is 4.64. The van der Waals surface area contributed by atoms with Crippen LogP contribution in [-0.2, 0) is 4.79 Å². The lowest BCUT2D eigenvalue weighted by molar-refractivity contribution is -0.132. The molecule has 1 N–H and O–H groups in total. The van der Waals surface area contributed by atoms with Crippen LogP contribution >= 0.6 is 0 Å². The van der Waals surface area contributed by atoms with E-state index < -0.39 is 5.97 Å². The topological polar surface area (TPSA) is 37.3 Å². The quantitative estimate of drug-likeness (QED) is 0.519. The average molecular weight is 168 g/mol. The molecule has 0 bridgehead atoms. The summed E-state index contributed by atoms with van der Waals surface area (Å²) in [5.41, 5.74) is 2.67. The molecule has 0 aromatic heterocycles. The third kappa shape index (κ3) is 3.37. The fourth-order valence-corrected chi connectivity index (χ4v) is 0.789. The highest BCUT2D eigenvalue weighted by molar-refractivity contribution is 5.86. The third-order valence-electron chi connectivity index (χ3n) is 1.97. The zero-order chi connectivity index (χ0) is 9.72. The Morgan fingerprint density at radius 1 is 1.33 bits per heavy atom. The van der Waals surface area contributed by atoms with Crippen molar-refractivity contribution in [2.45, 2.75) is 34.1 Å². The summed E-state index contributed by atoms with van der Waals surface area (Å²) in [6.45, 7) is 7.61. The molecule has 0 fully saturated rings. The van der Waals surface area contributed by atoms with Crippen LogP contribution < -0.4 is 0 Å². The van der Waals surface area contributed by atoms with E-state index in [1.807, 2.05) is 13.8 Å². The van der Waals surface area contributed by atoms with Gasteiger partial charge < -0.3 is 5.11 Å². The van der Waals surface area contributed by atoms with Crippen LogP contribution in [0.1, 0.15) is 34.1 Å². The predicted octanol–water partition coefficient (Wildman–Crippen LogP) is 2.76. The van der Waals surface area contributed by atoms with Crippen molar-refractivity contribution in [3.05, 3.63) is 22.8 Å². The fraction of sp³-hybridized carbons (Fsp3) is 0.500. The molecule has 0 unspecified atom stereocenters. The van der Waals surface area contributed by atoms with Gasteiger partial charge in [-0.2, -0.15) is 0 Å². The van der Waals surface area contributed by atoms with Crippen molar-refractivity contribution in [1.29, 1.82) is 0 Å². The van der Waals surface area contributed by atoms with Crippen LogP contribution in [0, 0.1) is 0 Å². The van der Waals surface area contributed by atoms with Gasteiger partial charge in [-0.1, -0.05) is 18.1 Å². The first-order chi connectivity index (χ1) is 5.49. The Morgan fingerprint density at radius 2 is 1.83 bits per heavy atom. The molecule has 0 aliphatic carbocycles. The maximum absolute atomic E-state index is 10.5. The Morgan fingerprint density at radius 3 is 2.17 bits per heavy atom. The van der Waals surface area contributed by atoms with Crippen molar-refractivity contribution in [2.24, 2.45) is 0 Å². The van der Waals surface area contributed by atoms with Gasteiger partial charge in [0.25, 0.3) is 0 Å². The van der Waals surface area contributed by atoms with Crippen LogP contribution in [0.15, 0.2) is 22.8 Å². The van der Waals surface area contributed by atoms with Crippen molar-refractivity contribution in [2.75, 3.05) is 0 Å². The van der Waals surface area contributed by atoms with Gasteiger partial charge in [-0.15, -0.1) is 0 Å². The first-order valence-corrected chi connectivity index (χ1v) is 4.07. The second-order valence-corrected chi connectivity index (χ2v) is 2.95. The summed E-state index contributed by atoms with van der Waals surface area (Å²) in [6, 6.07) is 0. The SMILES string of the molecule is CC/C(C)=C(C)\C=C(/C)C(=O)O. The molecule has 2 heteroatoms. The molecule has 0 atom stereocenters. The van der Waals surface area contributed by atoms with Crippen molar-refractivity contribution < 1.29 is 9.90 Å². The van der Waals surface area contributed by atoms with Crippen molar-refractivity contribution in [1.82, 2.24) is 0 Å². The number of hydrogen-bond acceptors (Lipinski definition) is 1. The number of carboxylic acids is 1. The molecule has 0 aromatic carbocycles. The maximum Gasteiger partial charge on any atom is 0.331 e. The molecule has 0 amide bonds. The maximum atomic E-state index is 10.5. The smallest absolute Gasteiger partial charge is 0.331 e. The molecule has 0 aliphatic heterocycles. The Hall–Kier alpha value is -1.05. The van der Waals surface area contributed by atoms with E-state index in [0.717, 1.165) is 12.0 Å². The molecule has 0 heterocycles. The van der Waals surface area contributed by atoms with E-state index >= 15 is 0 Å². The third-order valence-corrected chi connectivity index (χ3v) is 1.97. The van der Waals surface area contributed by atoms with Gasteiger partial charge in [0.1, 0.15) is 0 Å². The second kappa shape index (κ2) is 4.75. The summed E-state index contributed by atoms with van der Waals surface area (Å²) in [5.74, 6) is -0.849. The summed E-state index contributed by atoms with van der Waals surface area (Å²) in [4.78, 5) is 10.5. The van der Waals surface area contributed by atoms with E-state index in [1.54, 1.807) is 13.0 Å². The monoisotopic (exact) mass is 168 g/mol. The molecule has 0 aromatic rings. The van der Waals surface area contributed by atoms with Crippen LogP contribution in [0.25, 0.3) is 0 Å². The molecule has 0 aliphatic rings. The molecular weight excluding hydrogens is 152 g/mol. The van der Waals surface area contributed by atoms with E-state index in [2.05, 4.69) is 6.92 Å². The standard InChI is InChI=1S/C10H16O2/c1-5-7(2)8(3)6-9(4)10(11)12/h6H,5H2,1-4H3,(H,11,12)/b8-7-,9-6+. The molecule has 0 rings (SSSR count). The molecule has 0 spiro atoms. The van der Waals surface area contributed by atoms with Gasteiger partial charge in [0.15, 0.2) is 0 Å². The fourth-order valence-electron chi connectivity index (χ4n) is 0.789. The van der Waals surface area contributed by atoms with Gasteiger partial charge in [-0.05, 0) is 33.3 Å². The highest BCUT2D eigenvalue weighted by atomic mass is 16.4. The molecule has 0 radical (unpaired) electrons. The molecule has 12 heavy (non-hydrogen) atoms. The van der Waals surface area contributed by atoms with E-state index in [1.165, 1.54) is 5.57 Å². The van der Waals surface area contributed by atoms with Gasteiger partial charge >= 0.3 is 5.97 Å². The summed E-state index contributed by atoms with van der Waals surface area (Å²) in [7, 11) is 0. The van der Waals surface area contributed by atoms with Crippen LogP contribution in [0.5, 0.6) is 0 Å². The van der Waals surface area contributed by atoms with Gasteiger partial charge in [0, 0.05) is 5.57 Å². The van der Waals surface area contributed by atoms with E-state index in [4.69, 9.17) is 5.11 Å². The minimum Gasteiger partial charge on any atom is -0.478 e. The molecule has 68 valence electrons. The zero-order valence-corrected chi connectivity index (χ0v) is 8.14. The lowest BCUT2D eigenvalue weighted by Crippen LogP contribution is -1.96. The highest BCUT2D eigenvalue weighted by Gasteiger charge is 1.99. The number of aliphatic carboxylic acids is 1. The number of carboxylic acid groups (broad SMARTS) is 1. The molecular formula is C10H16O2. The van der Waals surface area contributed by atoms with Crippen LogP contribution in [0.2, 0.25) is 0 Å². The first-order valence-electron chi connectivity index (χ1n) is 4.07. The van der Waals surface area contributed by atoms with Crippen LogP contribution in [0.3, 0.4) is 0 Å². The average Bonchev–Trinajstić information content (AvgIpc) is 2.02. The molecule has 0 saturated heterocycles. The summed E-state index contributed by atoms with van der Waals surface area (Å²) < 4.78 is 0. The number of rotatable bonds is 3. The van der Waals surface area contributed by atoms with Gasteiger partial charge in [0.2, 0.25) is 0 Å². The van der Waals surface area contributed by atoms with E-state index in [-0.39, 0.29) is 0 Å². The number of carbonyl (C=O) groups is 1. The van der Waals surface area contributed by atoms with Crippen LogP contribution in [-0.4, -0.2) is 11.1 Å². The van der Waals surface area contributed by atoms with Crippen molar-refractivity contribution >= 4 is 5.97 Å². The Labute approximate surface area is 73.6 Å². The number of allylic oxidation sites excluding steroid dienone is 3. The summed E-state index contributed by atoms with van der Waals surface area (Å²) in [5, 5.41) is 8.59. The molecule has 2 nitrogen and oxygen atoms in total. The van der Waals surface area contributed by atoms with Crippen molar-refractivity contribution in [3.63, 3.8) is 0 Å². The van der Waals surface area contributed by atoms with Crippen molar-refractivity contribution in [3.8, 4) is 0 Å². The second-order valence-electron chi connectivity index (χ2n) is 2.95. The lowest BCUT2D eigenvalue weighted by atomic mass is 10.1. The van der Waals surface area contributed by atoms with Gasteiger partial charge in [-0.25, -0.2) is 4.79 Å². The zero-order valence-electron chi connectivity index (χ0n) is 8.14. The Bertz CT molecular complexity index is 234. The minimum absolute atomic E-state index is 0.389.